The van der Waals surface area contributed by atoms with Gasteiger partial charge in [0.15, 0.2) is 28.6 Å². The van der Waals surface area contributed by atoms with Gasteiger partial charge in [-0.2, -0.15) is 0 Å². The van der Waals surface area contributed by atoms with Crippen LogP contribution in [0, 0.1) is 0 Å². The Bertz CT molecular complexity index is 2900. The molecule has 0 fully saturated rings. The fourth-order valence-corrected chi connectivity index (χ4v) is 7.24. The first kappa shape index (κ1) is 49.2. The molecule has 16 nitrogen and oxygen atoms in total. The molecule has 7 aromatic rings. The molecule has 3 aromatic heterocycles. The molecule has 0 unspecified atom stereocenters. The lowest BCUT2D eigenvalue weighted by molar-refractivity contribution is -0.119. The number of aromatic amines is 1. The minimum atomic E-state index is -0.345. The van der Waals surface area contributed by atoms with E-state index in [9.17, 15) is 19.2 Å². The summed E-state index contributed by atoms with van der Waals surface area (Å²) >= 11 is 0. The minimum Gasteiger partial charge on any atom is -0.493 e. The molecule has 4 amide bonds. The Morgan fingerprint density at radius 1 is 0.588 bits per heavy atom. The summed E-state index contributed by atoms with van der Waals surface area (Å²) < 4.78 is 21.0. The zero-order valence-electron chi connectivity index (χ0n) is 39.6. The Morgan fingerprint density at radius 3 is 1.75 bits per heavy atom. The summed E-state index contributed by atoms with van der Waals surface area (Å²) in [5.41, 5.74) is 7.18. The van der Waals surface area contributed by atoms with Gasteiger partial charge in [0, 0.05) is 77.5 Å². The third-order valence-corrected chi connectivity index (χ3v) is 11.2. The molecule has 0 saturated carbocycles. The number of carbonyl (C=O) groups excluding carboxylic acids is 4. The van der Waals surface area contributed by atoms with Gasteiger partial charge in [-0.05, 0) is 89.5 Å². The maximum atomic E-state index is 12.9. The topological polar surface area (TPSA) is 208 Å². The normalized spacial score (nSPS) is 11.1. The number of amides is 4. The third-order valence-electron chi connectivity index (χ3n) is 11.2. The highest BCUT2D eigenvalue weighted by molar-refractivity contribution is 6.05. The van der Waals surface area contributed by atoms with E-state index in [1.807, 2.05) is 68.4 Å². The van der Waals surface area contributed by atoms with Crippen molar-refractivity contribution >= 4 is 46.2 Å². The molecule has 0 atom stereocenters. The van der Waals surface area contributed by atoms with E-state index < -0.39 is 0 Å². The molecular weight excluding hydrogens is 865 g/mol. The number of hydrogen-bond donors (Lipinski definition) is 5. The van der Waals surface area contributed by atoms with E-state index in [0.717, 1.165) is 22.3 Å². The first-order chi connectivity index (χ1) is 32.5. The number of methoxy groups -OCH3 is 4. The predicted molar refractivity (Wildman–Crippen MR) is 262 cm³/mol. The van der Waals surface area contributed by atoms with Crippen molar-refractivity contribution < 1.29 is 38.1 Å². The van der Waals surface area contributed by atoms with Gasteiger partial charge in [0.05, 0.1) is 45.8 Å². The number of ether oxygens (including phenoxy) is 4. The number of anilines is 2. The van der Waals surface area contributed by atoms with Crippen LogP contribution in [-0.4, -0.2) is 85.1 Å². The Labute approximate surface area is 395 Å². The average molecular weight is 921 g/mol. The lowest BCUT2D eigenvalue weighted by atomic mass is 9.80. The summed E-state index contributed by atoms with van der Waals surface area (Å²) in [6.45, 7) is 10.6. The monoisotopic (exact) mass is 920 g/mol. The summed E-state index contributed by atoms with van der Waals surface area (Å²) in [7, 11) is 6.15. The highest BCUT2D eigenvalue weighted by Gasteiger charge is 2.26. The lowest BCUT2D eigenvalue weighted by Gasteiger charge is -2.28. The van der Waals surface area contributed by atoms with Crippen LogP contribution < -0.4 is 40.2 Å². The van der Waals surface area contributed by atoms with E-state index in [4.69, 9.17) is 18.9 Å². The van der Waals surface area contributed by atoms with Crippen LogP contribution in [0.5, 0.6) is 23.0 Å². The molecule has 68 heavy (non-hydrogen) atoms. The Hall–Kier alpha value is -8.27. The zero-order valence-corrected chi connectivity index (χ0v) is 39.6. The van der Waals surface area contributed by atoms with E-state index in [2.05, 4.69) is 55.1 Å². The molecule has 0 bridgehead atoms. The molecule has 3 heterocycles. The van der Waals surface area contributed by atoms with Gasteiger partial charge in [-0.15, -0.1) is 0 Å². The fourth-order valence-electron chi connectivity index (χ4n) is 7.24. The number of nitrogens with one attached hydrogen (secondary N) is 5. The summed E-state index contributed by atoms with van der Waals surface area (Å²) in [6.07, 6.45) is 6.56. The Morgan fingerprint density at radius 2 is 1.18 bits per heavy atom. The lowest BCUT2D eigenvalue weighted by Crippen LogP contribution is -2.36. The minimum absolute atomic E-state index is 0.0789. The van der Waals surface area contributed by atoms with Gasteiger partial charge in [0.2, 0.25) is 5.91 Å². The van der Waals surface area contributed by atoms with Crippen LogP contribution in [0.2, 0.25) is 0 Å². The second-order valence-corrected chi connectivity index (χ2v) is 17.0. The molecule has 7 rings (SSSR count). The van der Waals surface area contributed by atoms with Crippen molar-refractivity contribution in [2.75, 3.05) is 52.2 Å². The number of H-pyrrole nitrogens is 1. The van der Waals surface area contributed by atoms with E-state index >= 15 is 0 Å². The van der Waals surface area contributed by atoms with Crippen molar-refractivity contribution in [2.45, 2.75) is 45.4 Å². The largest absolute Gasteiger partial charge is 0.493 e. The van der Waals surface area contributed by atoms with Crippen molar-refractivity contribution in [3.63, 3.8) is 0 Å². The summed E-state index contributed by atoms with van der Waals surface area (Å²) in [5.74, 6) is 1.27. The third kappa shape index (κ3) is 12.1. The van der Waals surface area contributed by atoms with Crippen molar-refractivity contribution in [3.05, 3.63) is 150 Å². The number of nitrogens with zero attached hydrogens (tertiary/aromatic N) is 3. The molecule has 0 saturated heterocycles. The van der Waals surface area contributed by atoms with Gasteiger partial charge in [-0.25, -0.2) is 9.97 Å². The first-order valence-electron chi connectivity index (χ1n) is 21.6. The predicted octanol–water partition coefficient (Wildman–Crippen LogP) is 8.37. The molecule has 0 aliphatic carbocycles. The molecule has 5 N–H and O–H groups in total. The Kier molecular flexibility index (Phi) is 15.8. The average Bonchev–Trinajstić information content (AvgIpc) is 3.83. The number of pyridine rings is 2. The van der Waals surface area contributed by atoms with Gasteiger partial charge in [0.1, 0.15) is 0 Å². The van der Waals surface area contributed by atoms with Gasteiger partial charge in [-0.1, -0.05) is 52.0 Å². The second-order valence-electron chi connectivity index (χ2n) is 17.0. The van der Waals surface area contributed by atoms with E-state index in [1.165, 1.54) is 27.3 Å². The molecule has 0 spiro atoms. The molecule has 0 radical (unpaired) electrons. The van der Waals surface area contributed by atoms with Crippen LogP contribution in [0.25, 0.3) is 22.3 Å². The maximum absolute atomic E-state index is 12.9. The highest BCUT2D eigenvalue weighted by Crippen LogP contribution is 2.36. The van der Waals surface area contributed by atoms with Crippen molar-refractivity contribution in [1.82, 2.24) is 30.6 Å². The molecule has 4 aromatic carbocycles. The Balaban J connectivity index is 0.000000224. The summed E-state index contributed by atoms with van der Waals surface area (Å²) in [5, 5.41) is 11.7. The summed E-state index contributed by atoms with van der Waals surface area (Å²) in [4.78, 5) is 65.2. The van der Waals surface area contributed by atoms with Gasteiger partial charge >= 0.3 is 0 Å². The molecule has 16 heteroatoms. The molecule has 0 aliphatic heterocycles. The smallest absolute Gasteiger partial charge is 0.255 e. The van der Waals surface area contributed by atoms with Gasteiger partial charge in [0.25, 0.3) is 17.7 Å². The number of rotatable bonds is 16. The van der Waals surface area contributed by atoms with Crippen LogP contribution in [0.3, 0.4) is 0 Å². The number of imidazole rings is 1. The van der Waals surface area contributed by atoms with Crippen molar-refractivity contribution in [2.24, 2.45) is 0 Å². The van der Waals surface area contributed by atoms with Crippen LogP contribution in [0.4, 0.5) is 11.4 Å². The van der Waals surface area contributed by atoms with Crippen LogP contribution >= 0.6 is 0 Å². The van der Waals surface area contributed by atoms with Crippen LogP contribution in [-0.2, 0) is 15.6 Å². The standard InChI is InChI=1S/C26H27N5O4.C26H29N3O4/c1-26(2,14-28-24(32)17-11-20-23(27-13-17)30-15-29-20)18-6-8-19(9-7-18)31-25(33)16-5-10-21(34-3)22(12-16)35-4;1-17(30)28-16-26(2,3)22-10-9-20(14-21(22)19-7-6-12-27-15-19)29-25(31)18-8-11-23(32-4)24(13-18)33-5/h5-13,15H,14H2,1-4H3,(H,28,32)(H,31,33)(H,27,29,30);6-15H,16H2,1-5H3,(H,28,30)(H,29,31). The molecule has 352 valence electrons. The van der Waals surface area contributed by atoms with Crippen LogP contribution in [0.15, 0.2) is 122 Å². The van der Waals surface area contributed by atoms with Crippen molar-refractivity contribution in [1.29, 1.82) is 0 Å². The highest BCUT2D eigenvalue weighted by atomic mass is 16.5. The summed E-state index contributed by atoms with van der Waals surface area (Å²) in [6, 6.07) is 28.9. The van der Waals surface area contributed by atoms with Crippen molar-refractivity contribution in [3.8, 4) is 34.1 Å². The second kappa shape index (κ2) is 21.8. The maximum Gasteiger partial charge on any atom is 0.255 e. The van der Waals surface area contributed by atoms with E-state index in [1.54, 1.807) is 75.4 Å². The van der Waals surface area contributed by atoms with Crippen LogP contribution in [0.1, 0.15) is 76.8 Å². The number of hydrogen-bond acceptors (Lipinski definition) is 11. The number of fused-ring (bicyclic) bond motifs is 1. The number of aromatic nitrogens is 4. The van der Waals surface area contributed by atoms with E-state index in [0.29, 0.717) is 75.3 Å². The zero-order chi connectivity index (χ0) is 49.0. The molecule has 0 aliphatic rings. The van der Waals surface area contributed by atoms with Gasteiger partial charge in [-0.3, -0.25) is 24.2 Å². The first-order valence-corrected chi connectivity index (χ1v) is 21.6. The quantitative estimate of drug-likeness (QED) is 0.0622. The fraction of sp³-hybridized carbons (Fsp3) is 0.250. The SMILES string of the molecule is COc1ccc(C(=O)Nc2ccc(C(C)(C)CNC(=O)c3cnc4nc[nH]c4c3)cc2)cc1OC.COc1ccc(C(=O)Nc2ccc(C(C)(C)CNC(C)=O)c(-c3cccnc3)c2)cc1OC. The number of benzene rings is 4. The molecular formula is C52H56N8O8. The van der Waals surface area contributed by atoms with E-state index in [-0.39, 0.29) is 34.5 Å². The number of carbonyl (C=O) groups is 4. The van der Waals surface area contributed by atoms with Gasteiger partial charge < -0.3 is 45.2 Å².